The number of fused-ring (bicyclic) bond motifs is 2. The van der Waals surface area contributed by atoms with Crippen LogP contribution in [0.15, 0.2) is 68.6 Å². The van der Waals surface area contributed by atoms with Gasteiger partial charge in [-0.3, -0.25) is 9.59 Å². The monoisotopic (exact) mass is 405 g/mol. The molecule has 0 bridgehead atoms. The zero-order chi connectivity index (χ0) is 21.1. The lowest BCUT2D eigenvalue weighted by Crippen LogP contribution is -2.31. The summed E-state index contributed by atoms with van der Waals surface area (Å²) in [6.45, 7) is 0.656. The minimum atomic E-state index is -0.714. The van der Waals surface area contributed by atoms with E-state index in [0.29, 0.717) is 34.0 Å². The molecule has 2 aromatic heterocycles. The van der Waals surface area contributed by atoms with Crippen LogP contribution in [0.2, 0.25) is 0 Å². The molecular weight excluding hydrogens is 386 g/mol. The third-order valence-electron chi connectivity index (χ3n) is 4.75. The molecular formula is C22H19N3O5. The van der Waals surface area contributed by atoms with Gasteiger partial charge in [0.1, 0.15) is 11.1 Å². The van der Waals surface area contributed by atoms with Crippen molar-refractivity contribution >= 4 is 27.6 Å². The van der Waals surface area contributed by atoms with Crippen molar-refractivity contribution in [3.8, 4) is 0 Å². The fourth-order valence-electron chi connectivity index (χ4n) is 3.24. The number of ether oxygens (including phenoxy) is 1. The summed E-state index contributed by atoms with van der Waals surface area (Å²) >= 11 is 0. The largest absolute Gasteiger partial charge is 0.422 e. The molecule has 0 atom stereocenters. The predicted molar refractivity (Wildman–Crippen MR) is 112 cm³/mol. The van der Waals surface area contributed by atoms with Gasteiger partial charge in [0.05, 0.1) is 30.8 Å². The van der Waals surface area contributed by atoms with Gasteiger partial charge in [0.15, 0.2) is 0 Å². The molecule has 0 aliphatic heterocycles. The number of nitrogens with one attached hydrogen (secondary N) is 1. The minimum Gasteiger partial charge on any atom is -0.422 e. The molecule has 1 amide bonds. The molecule has 152 valence electrons. The lowest BCUT2D eigenvalue weighted by molar-refractivity contribution is 0.0946. The molecule has 4 aromatic rings. The van der Waals surface area contributed by atoms with Crippen molar-refractivity contribution in [2.45, 2.75) is 13.1 Å². The summed E-state index contributed by atoms with van der Waals surface area (Å²) in [6.07, 6.45) is 0. The van der Waals surface area contributed by atoms with Crippen molar-refractivity contribution in [2.24, 2.45) is 0 Å². The van der Waals surface area contributed by atoms with Crippen molar-refractivity contribution in [3.63, 3.8) is 0 Å². The van der Waals surface area contributed by atoms with Gasteiger partial charge in [-0.05, 0) is 18.2 Å². The highest BCUT2D eigenvalue weighted by atomic mass is 16.5. The molecule has 0 saturated heterocycles. The lowest BCUT2D eigenvalue weighted by Gasteiger charge is -2.11. The van der Waals surface area contributed by atoms with Crippen molar-refractivity contribution in [2.75, 3.05) is 13.7 Å². The number of hydrogen-bond acceptors (Lipinski definition) is 6. The zero-order valence-corrected chi connectivity index (χ0v) is 16.3. The van der Waals surface area contributed by atoms with E-state index >= 15 is 0 Å². The molecule has 0 aliphatic rings. The molecule has 8 heteroatoms. The van der Waals surface area contributed by atoms with E-state index in [1.807, 2.05) is 0 Å². The van der Waals surface area contributed by atoms with E-state index in [4.69, 9.17) is 9.15 Å². The summed E-state index contributed by atoms with van der Waals surface area (Å²) in [5, 5.41) is 8.88. The van der Waals surface area contributed by atoms with E-state index in [0.717, 1.165) is 0 Å². The number of aromatic nitrogens is 2. The van der Waals surface area contributed by atoms with Crippen molar-refractivity contribution in [1.82, 2.24) is 15.1 Å². The van der Waals surface area contributed by atoms with Crippen LogP contribution in [0.25, 0.3) is 21.7 Å². The fourth-order valence-corrected chi connectivity index (χ4v) is 3.24. The fraction of sp³-hybridized carbons (Fsp3) is 0.182. The molecule has 0 fully saturated rings. The van der Waals surface area contributed by atoms with Crippen LogP contribution in [0, 0.1) is 0 Å². The Kier molecular flexibility index (Phi) is 5.40. The van der Waals surface area contributed by atoms with Crippen LogP contribution in [0.3, 0.4) is 0 Å². The number of carbonyl (C=O) groups excluding carboxylic acids is 1. The first kappa shape index (κ1) is 19.5. The third-order valence-corrected chi connectivity index (χ3v) is 4.75. The van der Waals surface area contributed by atoms with E-state index in [1.165, 1.54) is 10.7 Å². The highest BCUT2D eigenvalue weighted by Crippen LogP contribution is 2.15. The number of benzene rings is 2. The Morgan fingerprint density at radius 1 is 1.10 bits per heavy atom. The van der Waals surface area contributed by atoms with E-state index in [2.05, 4.69) is 10.4 Å². The van der Waals surface area contributed by atoms with Gasteiger partial charge < -0.3 is 14.5 Å². The van der Waals surface area contributed by atoms with Crippen LogP contribution in [0.5, 0.6) is 0 Å². The standard InChI is InChI=1S/C22H19N3O5/c1-29-11-10-25-21(27)16-8-4-3-7-15(16)18(24-25)13-23-20(26)17-12-14-6-2-5-9-19(14)30-22(17)28/h2-9,12H,10-11,13H2,1H3,(H,23,26). The van der Waals surface area contributed by atoms with Crippen LogP contribution >= 0.6 is 0 Å². The summed E-state index contributed by atoms with van der Waals surface area (Å²) < 4.78 is 11.6. The van der Waals surface area contributed by atoms with Crippen molar-refractivity contribution in [3.05, 3.63) is 86.6 Å². The number of nitrogens with zero attached hydrogens (tertiary/aromatic N) is 2. The van der Waals surface area contributed by atoms with Gasteiger partial charge in [-0.25, -0.2) is 9.48 Å². The number of methoxy groups -OCH3 is 1. The second kappa shape index (κ2) is 8.30. The minimum absolute atomic E-state index is 0.0406. The Balaban J connectivity index is 1.65. The van der Waals surface area contributed by atoms with E-state index in [-0.39, 0.29) is 24.2 Å². The first-order valence-electron chi connectivity index (χ1n) is 9.37. The highest BCUT2D eigenvalue weighted by molar-refractivity contribution is 5.96. The molecule has 0 saturated carbocycles. The average Bonchev–Trinajstić information content (AvgIpc) is 2.77. The summed E-state index contributed by atoms with van der Waals surface area (Å²) in [7, 11) is 1.54. The smallest absolute Gasteiger partial charge is 0.349 e. The first-order valence-corrected chi connectivity index (χ1v) is 9.37. The number of amides is 1. The summed E-state index contributed by atoms with van der Waals surface area (Å²) in [5.41, 5.74) is -0.107. The van der Waals surface area contributed by atoms with Crippen molar-refractivity contribution < 1.29 is 13.9 Å². The van der Waals surface area contributed by atoms with E-state index in [9.17, 15) is 14.4 Å². The van der Waals surface area contributed by atoms with Gasteiger partial charge >= 0.3 is 5.63 Å². The molecule has 8 nitrogen and oxygen atoms in total. The SMILES string of the molecule is COCCn1nc(CNC(=O)c2cc3ccccc3oc2=O)c2ccccc2c1=O. The summed E-state index contributed by atoms with van der Waals surface area (Å²) in [5.74, 6) is -0.574. The van der Waals surface area contributed by atoms with Crippen LogP contribution < -0.4 is 16.5 Å². The molecule has 2 heterocycles. The molecule has 0 spiro atoms. The van der Waals surface area contributed by atoms with E-state index < -0.39 is 11.5 Å². The Bertz CT molecular complexity index is 1360. The van der Waals surface area contributed by atoms with Gasteiger partial charge in [-0.15, -0.1) is 0 Å². The Morgan fingerprint density at radius 3 is 2.63 bits per heavy atom. The van der Waals surface area contributed by atoms with Gasteiger partial charge in [-0.2, -0.15) is 5.10 Å². The summed E-state index contributed by atoms with van der Waals surface area (Å²) in [6, 6.07) is 15.5. The van der Waals surface area contributed by atoms with Crippen LogP contribution in [0.1, 0.15) is 16.1 Å². The molecule has 0 aliphatic carbocycles. The van der Waals surface area contributed by atoms with Crippen molar-refractivity contribution in [1.29, 1.82) is 0 Å². The highest BCUT2D eigenvalue weighted by Gasteiger charge is 2.16. The Labute approximate surface area is 170 Å². The van der Waals surface area contributed by atoms with Gasteiger partial charge in [0.2, 0.25) is 0 Å². The first-order chi connectivity index (χ1) is 14.6. The topological polar surface area (TPSA) is 103 Å². The number of para-hydroxylation sites is 1. The average molecular weight is 405 g/mol. The third kappa shape index (κ3) is 3.72. The Morgan fingerprint density at radius 2 is 1.83 bits per heavy atom. The second-order valence-corrected chi connectivity index (χ2v) is 6.68. The molecule has 4 rings (SSSR count). The maximum absolute atomic E-state index is 12.7. The Hall–Kier alpha value is -3.78. The molecule has 0 radical (unpaired) electrons. The van der Waals surface area contributed by atoms with E-state index in [1.54, 1.807) is 55.6 Å². The zero-order valence-electron chi connectivity index (χ0n) is 16.3. The number of rotatable bonds is 6. The maximum Gasteiger partial charge on any atom is 0.349 e. The summed E-state index contributed by atoms with van der Waals surface area (Å²) in [4.78, 5) is 37.5. The van der Waals surface area contributed by atoms with Gasteiger partial charge in [0.25, 0.3) is 11.5 Å². The lowest BCUT2D eigenvalue weighted by atomic mass is 10.1. The van der Waals surface area contributed by atoms with Crippen LogP contribution in [-0.2, 0) is 17.8 Å². The quantitative estimate of drug-likeness (QED) is 0.493. The molecule has 2 aromatic carbocycles. The van der Waals surface area contributed by atoms with Crippen LogP contribution in [-0.4, -0.2) is 29.4 Å². The van der Waals surface area contributed by atoms with Gasteiger partial charge in [-0.1, -0.05) is 36.4 Å². The molecule has 30 heavy (non-hydrogen) atoms. The molecule has 1 N–H and O–H groups in total. The van der Waals surface area contributed by atoms with Crippen LogP contribution in [0.4, 0.5) is 0 Å². The van der Waals surface area contributed by atoms with Gasteiger partial charge in [0, 0.05) is 17.9 Å². The number of carbonyl (C=O) groups is 1. The predicted octanol–water partition coefficient (Wildman–Crippen LogP) is 2.08. The maximum atomic E-state index is 12.7. The molecule has 0 unspecified atom stereocenters. The normalized spacial score (nSPS) is 11.1. The second-order valence-electron chi connectivity index (χ2n) is 6.68. The number of hydrogen-bond donors (Lipinski definition) is 1.